The number of alkyl halides is 3. The molecule has 1 saturated heterocycles. The van der Waals surface area contributed by atoms with Crippen LogP contribution in [0.15, 0.2) is 54.7 Å². The summed E-state index contributed by atoms with van der Waals surface area (Å²) >= 11 is 6.30. The molecule has 0 bridgehead atoms. The summed E-state index contributed by atoms with van der Waals surface area (Å²) in [6, 6.07) is 9.53. The first-order valence-corrected chi connectivity index (χ1v) is 10.3. The van der Waals surface area contributed by atoms with Gasteiger partial charge >= 0.3 is 12.2 Å². The second-order valence-electron chi connectivity index (χ2n) is 7.57. The third kappa shape index (κ3) is 4.10. The molecule has 2 heterocycles. The molecular weight excluding hydrogens is 475 g/mol. The van der Waals surface area contributed by atoms with E-state index in [4.69, 9.17) is 11.6 Å². The van der Waals surface area contributed by atoms with Crippen molar-refractivity contribution in [3.63, 3.8) is 0 Å². The van der Waals surface area contributed by atoms with Crippen LogP contribution in [0.25, 0.3) is 11.1 Å². The molecule has 4 rings (SSSR count). The van der Waals surface area contributed by atoms with E-state index in [-0.39, 0.29) is 22.7 Å². The van der Waals surface area contributed by atoms with Crippen LogP contribution in [0.5, 0.6) is 0 Å². The first-order valence-electron chi connectivity index (χ1n) is 9.89. The molecule has 0 spiro atoms. The number of carbonyl (C=O) groups is 3. The van der Waals surface area contributed by atoms with E-state index < -0.39 is 35.1 Å². The van der Waals surface area contributed by atoms with Crippen molar-refractivity contribution in [3.05, 3.63) is 76.6 Å². The fraction of sp³-hybridized carbons (Fsp3) is 0.182. The van der Waals surface area contributed by atoms with Crippen molar-refractivity contribution in [2.45, 2.75) is 11.7 Å². The minimum atomic E-state index is -4.51. The lowest BCUT2D eigenvalue weighted by Gasteiger charge is -2.26. The Kier molecular flexibility index (Phi) is 5.82. The Hall–Kier alpha value is -3.86. The maximum Gasteiger partial charge on any atom is 0.416 e. The van der Waals surface area contributed by atoms with Crippen molar-refractivity contribution in [2.75, 3.05) is 6.54 Å². The third-order valence-corrected chi connectivity index (χ3v) is 5.79. The van der Waals surface area contributed by atoms with E-state index in [1.54, 1.807) is 7.05 Å². The zero-order chi connectivity index (χ0) is 24.7. The number of rotatable bonds is 5. The lowest BCUT2D eigenvalue weighted by atomic mass is 9.94. The van der Waals surface area contributed by atoms with Gasteiger partial charge in [0.1, 0.15) is 0 Å². The number of imide groups is 1. The number of urea groups is 1. The van der Waals surface area contributed by atoms with Crippen LogP contribution in [0.1, 0.15) is 21.6 Å². The minimum Gasteiger partial charge on any atom is -0.349 e. The van der Waals surface area contributed by atoms with Gasteiger partial charge in [-0.1, -0.05) is 29.8 Å². The van der Waals surface area contributed by atoms with Crippen molar-refractivity contribution in [3.8, 4) is 11.1 Å². The largest absolute Gasteiger partial charge is 0.416 e. The van der Waals surface area contributed by atoms with Crippen molar-refractivity contribution < 1.29 is 27.6 Å². The molecule has 1 unspecified atom stereocenters. The van der Waals surface area contributed by atoms with E-state index in [1.165, 1.54) is 47.3 Å². The number of aromatic nitrogens is 2. The minimum absolute atomic E-state index is 0.0807. The molecule has 1 aliphatic heterocycles. The van der Waals surface area contributed by atoms with Crippen molar-refractivity contribution in [1.29, 1.82) is 0 Å². The van der Waals surface area contributed by atoms with Crippen LogP contribution in [0.3, 0.4) is 0 Å². The molecule has 1 aromatic heterocycles. The molecule has 3 aromatic rings. The molecule has 3 N–H and O–H groups in total. The Morgan fingerprint density at radius 1 is 1.15 bits per heavy atom. The SMILES string of the molecule is Cn1nccc1C1(CNC(=O)c2cccc(Cl)c2-c2ccc(C(F)(F)F)cc2)NC(=O)NC1=O. The van der Waals surface area contributed by atoms with E-state index in [2.05, 4.69) is 21.0 Å². The Labute approximate surface area is 196 Å². The summed E-state index contributed by atoms with van der Waals surface area (Å²) in [6.45, 7) is -0.318. The van der Waals surface area contributed by atoms with Crippen molar-refractivity contribution >= 4 is 29.4 Å². The Bertz CT molecular complexity index is 1290. The first kappa shape index (κ1) is 23.3. The molecule has 4 amide bonds. The molecule has 12 heteroatoms. The fourth-order valence-electron chi connectivity index (χ4n) is 3.82. The van der Waals surface area contributed by atoms with Crippen LogP contribution < -0.4 is 16.0 Å². The molecular formula is C22H17ClF3N5O3. The zero-order valence-electron chi connectivity index (χ0n) is 17.5. The molecule has 1 atom stereocenters. The summed E-state index contributed by atoms with van der Waals surface area (Å²) in [4.78, 5) is 37.7. The van der Waals surface area contributed by atoms with Gasteiger partial charge in [0.2, 0.25) is 0 Å². The maximum absolute atomic E-state index is 13.1. The topological polar surface area (TPSA) is 105 Å². The summed E-state index contributed by atoms with van der Waals surface area (Å²) in [5.41, 5.74) is -1.50. The smallest absolute Gasteiger partial charge is 0.349 e. The molecule has 1 fully saturated rings. The highest BCUT2D eigenvalue weighted by Gasteiger charge is 2.50. The van der Waals surface area contributed by atoms with Gasteiger partial charge in [-0.2, -0.15) is 18.3 Å². The first-order chi connectivity index (χ1) is 16.0. The van der Waals surface area contributed by atoms with Gasteiger partial charge in [-0.05, 0) is 35.9 Å². The average molecular weight is 492 g/mol. The van der Waals surface area contributed by atoms with Gasteiger partial charge in [-0.3, -0.25) is 19.6 Å². The van der Waals surface area contributed by atoms with Gasteiger partial charge in [0, 0.05) is 29.4 Å². The van der Waals surface area contributed by atoms with E-state index >= 15 is 0 Å². The molecule has 176 valence electrons. The molecule has 0 saturated carbocycles. The van der Waals surface area contributed by atoms with Crippen LogP contribution in [0.4, 0.5) is 18.0 Å². The number of amides is 4. The van der Waals surface area contributed by atoms with Gasteiger partial charge in [0.05, 0.1) is 17.8 Å². The van der Waals surface area contributed by atoms with E-state index in [0.29, 0.717) is 11.3 Å². The highest BCUT2D eigenvalue weighted by molar-refractivity contribution is 6.34. The van der Waals surface area contributed by atoms with Gasteiger partial charge in [-0.25, -0.2) is 4.79 Å². The molecule has 34 heavy (non-hydrogen) atoms. The van der Waals surface area contributed by atoms with Crippen molar-refractivity contribution in [2.24, 2.45) is 7.05 Å². The van der Waals surface area contributed by atoms with E-state index in [1.807, 2.05) is 0 Å². The Balaban J connectivity index is 1.66. The van der Waals surface area contributed by atoms with Gasteiger partial charge in [0.15, 0.2) is 5.54 Å². The zero-order valence-corrected chi connectivity index (χ0v) is 18.3. The predicted octanol–water partition coefficient (Wildman–Crippen LogP) is 3.22. The summed E-state index contributed by atoms with van der Waals surface area (Å²) < 4.78 is 40.2. The number of benzene rings is 2. The Morgan fingerprint density at radius 2 is 1.85 bits per heavy atom. The Morgan fingerprint density at radius 3 is 2.41 bits per heavy atom. The average Bonchev–Trinajstić information content (AvgIpc) is 3.33. The lowest BCUT2D eigenvalue weighted by molar-refractivity contribution is -0.137. The summed E-state index contributed by atoms with van der Waals surface area (Å²) in [6.07, 6.45) is -3.07. The van der Waals surface area contributed by atoms with Crippen LogP contribution >= 0.6 is 11.6 Å². The summed E-state index contributed by atoms with van der Waals surface area (Å²) in [7, 11) is 1.58. The van der Waals surface area contributed by atoms with Gasteiger partial charge in [-0.15, -0.1) is 0 Å². The lowest BCUT2D eigenvalue weighted by Crippen LogP contribution is -2.53. The molecule has 0 aliphatic carbocycles. The van der Waals surface area contributed by atoms with Crippen LogP contribution in [0, 0.1) is 0 Å². The summed E-state index contributed by atoms with van der Waals surface area (Å²) in [5, 5.41) is 11.5. The number of nitrogens with zero attached hydrogens (tertiary/aromatic N) is 2. The molecule has 1 aliphatic rings. The number of aryl methyl sites for hydroxylation is 1. The number of halogens is 4. The monoisotopic (exact) mass is 491 g/mol. The highest BCUT2D eigenvalue weighted by atomic mass is 35.5. The quantitative estimate of drug-likeness (QED) is 0.477. The normalized spacial score (nSPS) is 17.9. The summed E-state index contributed by atoms with van der Waals surface area (Å²) in [5.74, 6) is -1.32. The van der Waals surface area contributed by atoms with Crippen molar-refractivity contribution in [1.82, 2.24) is 25.7 Å². The maximum atomic E-state index is 13.1. The van der Waals surface area contributed by atoms with Crippen LogP contribution in [-0.2, 0) is 23.6 Å². The predicted molar refractivity (Wildman–Crippen MR) is 116 cm³/mol. The third-order valence-electron chi connectivity index (χ3n) is 5.47. The number of carbonyl (C=O) groups excluding carboxylic acids is 3. The molecule has 0 radical (unpaired) electrons. The molecule has 8 nitrogen and oxygen atoms in total. The fourth-order valence-corrected chi connectivity index (χ4v) is 4.10. The highest BCUT2D eigenvalue weighted by Crippen LogP contribution is 2.35. The molecule has 2 aromatic carbocycles. The van der Waals surface area contributed by atoms with Crippen LogP contribution in [0.2, 0.25) is 5.02 Å². The van der Waals surface area contributed by atoms with E-state index in [9.17, 15) is 27.6 Å². The van der Waals surface area contributed by atoms with E-state index in [0.717, 1.165) is 12.1 Å². The number of hydrogen-bond donors (Lipinski definition) is 3. The second kappa shape index (κ2) is 8.49. The van der Waals surface area contributed by atoms with Crippen LogP contribution in [-0.4, -0.2) is 34.2 Å². The second-order valence-corrected chi connectivity index (χ2v) is 7.98. The van der Waals surface area contributed by atoms with Gasteiger partial charge in [0.25, 0.3) is 11.8 Å². The van der Waals surface area contributed by atoms with Gasteiger partial charge < -0.3 is 10.6 Å². The number of nitrogens with one attached hydrogen (secondary N) is 3. The standard InChI is InChI=1S/C22H17ClF3N5O3/c1-31-16(9-10-28-31)21(19(33)29-20(34)30-21)11-27-18(32)14-3-2-4-15(23)17(14)12-5-7-13(8-6-12)22(24,25)26/h2-10H,11H2,1H3,(H,27,32)(H2,29,30,33,34). The number of hydrogen-bond acceptors (Lipinski definition) is 4.